The average molecular weight is 247 g/mol. The lowest BCUT2D eigenvalue weighted by molar-refractivity contribution is 0.385. The summed E-state index contributed by atoms with van der Waals surface area (Å²) in [4.78, 5) is 8.50. The van der Waals surface area contributed by atoms with Gasteiger partial charge in [-0.2, -0.15) is 0 Å². The molecule has 0 amide bonds. The van der Waals surface area contributed by atoms with Gasteiger partial charge in [-0.25, -0.2) is 4.98 Å². The standard InChI is InChI=1S/C15H25N3/c1-10-14(11-4-2-3-5-11)18-15(17-10)12-6-8-13(16)9-7-12/h11-13H,2-9,16H2,1H3,(H,17,18). The molecule has 3 nitrogen and oxygen atoms in total. The van der Waals surface area contributed by atoms with Crippen molar-refractivity contribution in [3.05, 3.63) is 17.2 Å². The minimum atomic E-state index is 0.423. The number of H-pyrrole nitrogens is 1. The van der Waals surface area contributed by atoms with Crippen LogP contribution in [-0.2, 0) is 0 Å². The van der Waals surface area contributed by atoms with Crippen LogP contribution in [0.1, 0.15) is 80.4 Å². The molecule has 0 unspecified atom stereocenters. The maximum absolute atomic E-state index is 5.98. The fourth-order valence-corrected chi connectivity index (χ4v) is 3.68. The molecule has 1 heterocycles. The van der Waals surface area contributed by atoms with Crippen LogP contribution < -0.4 is 5.73 Å². The molecular formula is C15H25N3. The molecule has 1 aromatic rings. The summed E-state index contributed by atoms with van der Waals surface area (Å²) in [7, 11) is 0. The molecule has 1 aromatic heterocycles. The number of nitrogens with one attached hydrogen (secondary N) is 1. The van der Waals surface area contributed by atoms with E-state index >= 15 is 0 Å². The predicted octanol–water partition coefficient (Wildman–Crippen LogP) is 3.36. The molecule has 3 rings (SSSR count). The summed E-state index contributed by atoms with van der Waals surface area (Å²) in [6.45, 7) is 2.19. The zero-order chi connectivity index (χ0) is 12.5. The molecule has 3 heteroatoms. The highest BCUT2D eigenvalue weighted by atomic mass is 14.9. The Labute approximate surface area is 110 Å². The van der Waals surface area contributed by atoms with E-state index in [9.17, 15) is 0 Å². The van der Waals surface area contributed by atoms with E-state index in [0.29, 0.717) is 12.0 Å². The van der Waals surface area contributed by atoms with Gasteiger partial charge in [0, 0.05) is 23.6 Å². The first-order valence-electron chi connectivity index (χ1n) is 7.56. The first kappa shape index (κ1) is 12.2. The van der Waals surface area contributed by atoms with E-state index in [1.807, 2.05) is 0 Å². The van der Waals surface area contributed by atoms with Crippen LogP contribution in [0.25, 0.3) is 0 Å². The summed E-state index contributed by atoms with van der Waals surface area (Å²) >= 11 is 0. The Morgan fingerprint density at radius 1 is 1.00 bits per heavy atom. The SMILES string of the molecule is Cc1[nH]c(C2CCC(N)CC2)nc1C1CCCC1. The summed E-state index contributed by atoms with van der Waals surface area (Å²) in [5, 5.41) is 0. The molecule has 0 aromatic carbocycles. The Hall–Kier alpha value is -0.830. The van der Waals surface area contributed by atoms with Gasteiger partial charge in [0.15, 0.2) is 0 Å². The molecule has 0 radical (unpaired) electrons. The first-order chi connectivity index (χ1) is 8.74. The summed E-state index contributed by atoms with van der Waals surface area (Å²) in [6.07, 6.45) is 10.2. The Bertz CT molecular complexity index is 396. The Morgan fingerprint density at radius 2 is 1.67 bits per heavy atom. The van der Waals surface area contributed by atoms with Gasteiger partial charge in [0.25, 0.3) is 0 Å². The van der Waals surface area contributed by atoms with Gasteiger partial charge < -0.3 is 10.7 Å². The Kier molecular flexibility index (Phi) is 3.42. The average Bonchev–Trinajstić information content (AvgIpc) is 2.99. The maximum atomic E-state index is 5.98. The highest BCUT2D eigenvalue weighted by molar-refractivity contribution is 5.20. The van der Waals surface area contributed by atoms with E-state index < -0.39 is 0 Å². The molecule has 3 N–H and O–H groups in total. The second kappa shape index (κ2) is 5.04. The monoisotopic (exact) mass is 247 g/mol. The highest BCUT2D eigenvalue weighted by Gasteiger charge is 2.26. The number of imidazole rings is 1. The van der Waals surface area contributed by atoms with E-state index in [-0.39, 0.29) is 0 Å². The zero-order valence-corrected chi connectivity index (χ0v) is 11.4. The fraction of sp³-hybridized carbons (Fsp3) is 0.800. The molecule has 2 aliphatic carbocycles. The lowest BCUT2D eigenvalue weighted by atomic mass is 9.86. The predicted molar refractivity (Wildman–Crippen MR) is 73.7 cm³/mol. The number of aryl methyl sites for hydroxylation is 1. The van der Waals surface area contributed by atoms with E-state index in [4.69, 9.17) is 10.7 Å². The van der Waals surface area contributed by atoms with Crippen LogP contribution in [0.3, 0.4) is 0 Å². The van der Waals surface area contributed by atoms with Crippen molar-refractivity contribution in [3.63, 3.8) is 0 Å². The van der Waals surface area contributed by atoms with Crippen molar-refractivity contribution >= 4 is 0 Å². The number of aromatic amines is 1. The lowest BCUT2D eigenvalue weighted by Gasteiger charge is -2.24. The largest absolute Gasteiger partial charge is 0.346 e. The normalized spacial score (nSPS) is 29.9. The molecule has 0 spiro atoms. The van der Waals surface area contributed by atoms with Gasteiger partial charge in [0.2, 0.25) is 0 Å². The van der Waals surface area contributed by atoms with Crippen molar-refractivity contribution in [2.24, 2.45) is 5.73 Å². The van der Waals surface area contributed by atoms with Crippen LogP contribution in [-0.4, -0.2) is 16.0 Å². The number of aromatic nitrogens is 2. The van der Waals surface area contributed by atoms with E-state index in [1.54, 1.807) is 0 Å². The minimum absolute atomic E-state index is 0.423. The van der Waals surface area contributed by atoms with Crippen molar-refractivity contribution in [1.82, 2.24) is 9.97 Å². The van der Waals surface area contributed by atoms with Gasteiger partial charge in [-0.05, 0) is 45.4 Å². The Morgan fingerprint density at radius 3 is 2.33 bits per heavy atom. The van der Waals surface area contributed by atoms with Crippen molar-refractivity contribution in [2.45, 2.75) is 76.2 Å². The third-order valence-electron chi connectivity index (χ3n) is 4.84. The van der Waals surface area contributed by atoms with Gasteiger partial charge in [-0.1, -0.05) is 12.8 Å². The number of hydrogen-bond donors (Lipinski definition) is 2. The van der Waals surface area contributed by atoms with Crippen LogP contribution in [0, 0.1) is 6.92 Å². The maximum Gasteiger partial charge on any atom is 0.109 e. The highest BCUT2D eigenvalue weighted by Crippen LogP contribution is 2.37. The van der Waals surface area contributed by atoms with E-state index in [0.717, 1.165) is 18.8 Å². The molecule has 100 valence electrons. The van der Waals surface area contributed by atoms with Crippen LogP contribution >= 0.6 is 0 Å². The minimum Gasteiger partial charge on any atom is -0.346 e. The molecule has 0 bridgehead atoms. The molecule has 0 atom stereocenters. The topological polar surface area (TPSA) is 54.7 Å². The fourth-order valence-electron chi connectivity index (χ4n) is 3.68. The number of rotatable bonds is 2. The lowest BCUT2D eigenvalue weighted by Crippen LogP contribution is -2.26. The van der Waals surface area contributed by atoms with Crippen LogP contribution in [0.4, 0.5) is 0 Å². The number of nitrogens with zero attached hydrogens (tertiary/aromatic N) is 1. The van der Waals surface area contributed by atoms with Gasteiger partial charge >= 0.3 is 0 Å². The van der Waals surface area contributed by atoms with Crippen molar-refractivity contribution < 1.29 is 0 Å². The molecule has 2 fully saturated rings. The second-order valence-electron chi connectivity index (χ2n) is 6.23. The van der Waals surface area contributed by atoms with Crippen LogP contribution in [0.5, 0.6) is 0 Å². The zero-order valence-electron chi connectivity index (χ0n) is 11.4. The van der Waals surface area contributed by atoms with Crippen LogP contribution in [0.2, 0.25) is 0 Å². The first-order valence-corrected chi connectivity index (χ1v) is 7.56. The third-order valence-corrected chi connectivity index (χ3v) is 4.84. The van der Waals surface area contributed by atoms with Crippen LogP contribution in [0.15, 0.2) is 0 Å². The second-order valence-corrected chi connectivity index (χ2v) is 6.23. The van der Waals surface area contributed by atoms with E-state index in [2.05, 4.69) is 11.9 Å². The molecule has 18 heavy (non-hydrogen) atoms. The summed E-state index contributed by atoms with van der Waals surface area (Å²) in [6, 6.07) is 0.423. The van der Waals surface area contributed by atoms with Gasteiger partial charge in [-0.3, -0.25) is 0 Å². The number of nitrogens with two attached hydrogens (primary N) is 1. The van der Waals surface area contributed by atoms with Gasteiger partial charge in [-0.15, -0.1) is 0 Å². The van der Waals surface area contributed by atoms with Gasteiger partial charge in [0.05, 0.1) is 5.69 Å². The van der Waals surface area contributed by atoms with Crippen molar-refractivity contribution in [3.8, 4) is 0 Å². The molecule has 2 saturated carbocycles. The van der Waals surface area contributed by atoms with E-state index in [1.165, 1.54) is 55.7 Å². The van der Waals surface area contributed by atoms with Gasteiger partial charge in [0.1, 0.15) is 5.82 Å². The summed E-state index contributed by atoms with van der Waals surface area (Å²) in [5.41, 5.74) is 8.65. The van der Waals surface area contributed by atoms with Crippen molar-refractivity contribution in [1.29, 1.82) is 0 Å². The quantitative estimate of drug-likeness (QED) is 0.842. The number of hydrogen-bond acceptors (Lipinski definition) is 2. The molecule has 0 aliphatic heterocycles. The Balaban J connectivity index is 1.75. The summed E-state index contributed by atoms with van der Waals surface area (Å²) in [5.74, 6) is 2.58. The summed E-state index contributed by atoms with van der Waals surface area (Å²) < 4.78 is 0. The molecule has 0 saturated heterocycles. The molecule has 2 aliphatic rings. The molecular weight excluding hydrogens is 222 g/mol. The van der Waals surface area contributed by atoms with Crippen molar-refractivity contribution in [2.75, 3.05) is 0 Å². The third kappa shape index (κ3) is 2.33. The smallest absolute Gasteiger partial charge is 0.109 e.